The van der Waals surface area contributed by atoms with E-state index in [1.54, 1.807) is 0 Å². The van der Waals surface area contributed by atoms with Crippen molar-refractivity contribution in [2.45, 2.75) is 24.2 Å². The van der Waals surface area contributed by atoms with Crippen LogP contribution in [-0.2, 0) is 16.6 Å². The second kappa shape index (κ2) is 5.81. The number of carbonyl (C=O) groups excluding carboxylic acids is 1. The SMILES string of the molecule is COC(=O)c1ccc(C(F)(F)C(F)(F)F)c(C(F)(F)C(F)(F)F)c1. The number of carbonyl (C=O) groups is 1. The maximum absolute atomic E-state index is 13.4. The van der Waals surface area contributed by atoms with E-state index in [1.807, 2.05) is 0 Å². The van der Waals surface area contributed by atoms with Crippen LogP contribution in [0, 0.1) is 0 Å². The van der Waals surface area contributed by atoms with E-state index in [0.717, 1.165) is 0 Å². The van der Waals surface area contributed by atoms with Crippen LogP contribution in [-0.4, -0.2) is 25.4 Å². The Kier molecular flexibility index (Phi) is 4.85. The number of methoxy groups -OCH3 is 1. The van der Waals surface area contributed by atoms with Crippen molar-refractivity contribution in [2.24, 2.45) is 0 Å². The van der Waals surface area contributed by atoms with Crippen LogP contribution in [0.4, 0.5) is 43.9 Å². The lowest BCUT2D eigenvalue weighted by molar-refractivity contribution is -0.301. The minimum absolute atomic E-state index is 0.219. The minimum atomic E-state index is -6.47. The molecule has 24 heavy (non-hydrogen) atoms. The first kappa shape index (κ1) is 20.0. The van der Waals surface area contributed by atoms with E-state index in [0.29, 0.717) is 7.11 Å². The molecule has 0 aliphatic rings. The molecule has 0 atom stereocenters. The number of alkyl halides is 10. The van der Waals surface area contributed by atoms with E-state index in [2.05, 4.69) is 4.74 Å². The zero-order valence-electron chi connectivity index (χ0n) is 11.3. The molecule has 0 heterocycles. The van der Waals surface area contributed by atoms with Crippen LogP contribution in [0.2, 0.25) is 0 Å². The average Bonchev–Trinajstić information content (AvgIpc) is 2.43. The van der Waals surface area contributed by atoms with Gasteiger partial charge in [0, 0.05) is 11.1 Å². The van der Waals surface area contributed by atoms with Gasteiger partial charge in [-0.3, -0.25) is 0 Å². The van der Waals surface area contributed by atoms with E-state index in [4.69, 9.17) is 0 Å². The van der Waals surface area contributed by atoms with Gasteiger partial charge in [-0.05, 0) is 12.1 Å². The number of halogens is 10. The van der Waals surface area contributed by atoms with Gasteiger partial charge >= 0.3 is 30.2 Å². The monoisotopic (exact) mass is 372 g/mol. The number of ether oxygens (including phenoxy) is 1. The van der Waals surface area contributed by atoms with Gasteiger partial charge in [0.2, 0.25) is 0 Å². The quantitative estimate of drug-likeness (QED) is 0.564. The Morgan fingerprint density at radius 1 is 0.792 bits per heavy atom. The lowest BCUT2D eigenvalue weighted by Crippen LogP contribution is -2.40. The predicted molar refractivity (Wildman–Crippen MR) is 57.7 cm³/mol. The third-order valence-electron chi connectivity index (χ3n) is 2.83. The number of hydrogen-bond acceptors (Lipinski definition) is 2. The molecule has 0 fully saturated rings. The second-order valence-corrected chi connectivity index (χ2v) is 4.40. The molecule has 0 N–H and O–H groups in total. The molecule has 1 aromatic rings. The zero-order valence-corrected chi connectivity index (χ0v) is 11.3. The number of rotatable bonds is 3. The van der Waals surface area contributed by atoms with Crippen molar-refractivity contribution in [3.05, 3.63) is 34.9 Å². The van der Waals surface area contributed by atoms with Crippen molar-refractivity contribution >= 4 is 5.97 Å². The van der Waals surface area contributed by atoms with Crippen LogP contribution < -0.4 is 0 Å². The fourth-order valence-corrected chi connectivity index (χ4v) is 1.63. The van der Waals surface area contributed by atoms with Crippen LogP contribution in [0.1, 0.15) is 21.5 Å². The van der Waals surface area contributed by atoms with Crippen molar-refractivity contribution < 1.29 is 53.4 Å². The third kappa shape index (κ3) is 3.26. The highest BCUT2D eigenvalue weighted by Gasteiger charge is 2.65. The van der Waals surface area contributed by atoms with Crippen LogP contribution >= 0.6 is 0 Å². The summed E-state index contributed by atoms with van der Waals surface area (Å²) in [5, 5.41) is 0. The Morgan fingerprint density at radius 3 is 1.58 bits per heavy atom. The van der Waals surface area contributed by atoms with Gasteiger partial charge < -0.3 is 4.74 Å². The molecule has 136 valence electrons. The summed E-state index contributed by atoms with van der Waals surface area (Å²) in [4.78, 5) is 11.1. The molecule has 0 saturated heterocycles. The molecule has 0 bridgehead atoms. The maximum Gasteiger partial charge on any atom is 0.458 e. The molecule has 12 heteroatoms. The molecule has 0 radical (unpaired) electrons. The molecule has 0 aliphatic heterocycles. The summed E-state index contributed by atoms with van der Waals surface area (Å²) >= 11 is 0. The van der Waals surface area contributed by atoms with Gasteiger partial charge in [-0.1, -0.05) is 6.07 Å². The summed E-state index contributed by atoms with van der Waals surface area (Å²) < 4.78 is 132. The van der Waals surface area contributed by atoms with E-state index < -0.39 is 52.9 Å². The van der Waals surface area contributed by atoms with Crippen LogP contribution in [0.15, 0.2) is 18.2 Å². The lowest BCUT2D eigenvalue weighted by atomic mass is 9.93. The van der Waals surface area contributed by atoms with Crippen LogP contribution in [0.5, 0.6) is 0 Å². The van der Waals surface area contributed by atoms with Gasteiger partial charge in [0.1, 0.15) is 0 Å². The summed E-state index contributed by atoms with van der Waals surface area (Å²) in [5.74, 6) is -13.6. The van der Waals surface area contributed by atoms with Gasteiger partial charge in [0.05, 0.1) is 12.7 Å². The highest BCUT2D eigenvalue weighted by Crippen LogP contribution is 2.51. The second-order valence-electron chi connectivity index (χ2n) is 4.40. The Balaban J connectivity index is 3.77. The summed E-state index contributed by atoms with van der Waals surface area (Å²) in [7, 11) is 0.697. The van der Waals surface area contributed by atoms with Crippen LogP contribution in [0.3, 0.4) is 0 Å². The standard InChI is InChI=1S/C12H6F10O2/c1-24-8(23)5-2-3-6(9(13,14)11(17,18)19)7(4-5)10(15,16)12(20,21)22/h2-4H,1H3. The van der Waals surface area contributed by atoms with E-state index in [-0.39, 0.29) is 12.1 Å². The largest absolute Gasteiger partial charge is 0.465 e. The molecule has 0 saturated carbocycles. The van der Waals surface area contributed by atoms with Gasteiger partial charge in [-0.25, -0.2) is 4.79 Å². The van der Waals surface area contributed by atoms with E-state index >= 15 is 0 Å². The lowest BCUT2D eigenvalue weighted by Gasteiger charge is -2.27. The highest BCUT2D eigenvalue weighted by molar-refractivity contribution is 5.89. The van der Waals surface area contributed by atoms with Crippen molar-refractivity contribution in [3.63, 3.8) is 0 Å². The van der Waals surface area contributed by atoms with Gasteiger partial charge in [0.15, 0.2) is 0 Å². The molecule has 0 amide bonds. The summed E-state index contributed by atoms with van der Waals surface area (Å²) in [5.41, 5.74) is -6.37. The van der Waals surface area contributed by atoms with Crippen LogP contribution in [0.25, 0.3) is 0 Å². The molecule has 1 aromatic carbocycles. The molecule has 0 aliphatic carbocycles. The Labute approximate surface area is 127 Å². The molecular formula is C12H6F10O2. The summed E-state index contributed by atoms with van der Waals surface area (Å²) in [6.07, 6.45) is -12.9. The van der Waals surface area contributed by atoms with Gasteiger partial charge in [0.25, 0.3) is 0 Å². The fraction of sp³-hybridized carbons (Fsp3) is 0.417. The molecule has 0 spiro atoms. The molecule has 0 aromatic heterocycles. The normalized spacial score (nSPS) is 13.8. The first-order chi connectivity index (χ1) is 10.6. The summed E-state index contributed by atoms with van der Waals surface area (Å²) in [6, 6.07) is -0.514. The maximum atomic E-state index is 13.4. The van der Waals surface area contributed by atoms with E-state index in [9.17, 15) is 48.7 Å². The first-order valence-electron chi connectivity index (χ1n) is 5.69. The van der Waals surface area contributed by atoms with Gasteiger partial charge in [-0.15, -0.1) is 0 Å². The first-order valence-corrected chi connectivity index (χ1v) is 5.69. The Bertz CT molecular complexity index is 630. The number of esters is 1. The van der Waals surface area contributed by atoms with Crippen molar-refractivity contribution in [2.75, 3.05) is 7.11 Å². The fourth-order valence-electron chi connectivity index (χ4n) is 1.63. The van der Waals surface area contributed by atoms with Crippen molar-refractivity contribution in [1.82, 2.24) is 0 Å². The van der Waals surface area contributed by atoms with Crippen molar-refractivity contribution in [3.8, 4) is 0 Å². The highest BCUT2D eigenvalue weighted by atomic mass is 19.4. The predicted octanol–water partition coefficient (Wildman–Crippen LogP) is 4.78. The number of benzene rings is 1. The molecule has 2 nitrogen and oxygen atoms in total. The molecule has 1 rings (SSSR count). The Morgan fingerprint density at radius 2 is 1.21 bits per heavy atom. The number of hydrogen-bond donors (Lipinski definition) is 0. The van der Waals surface area contributed by atoms with Gasteiger partial charge in [-0.2, -0.15) is 43.9 Å². The minimum Gasteiger partial charge on any atom is -0.465 e. The molecular weight excluding hydrogens is 366 g/mol. The topological polar surface area (TPSA) is 26.3 Å². The molecule has 0 unspecified atom stereocenters. The summed E-state index contributed by atoms with van der Waals surface area (Å²) in [6.45, 7) is 0. The van der Waals surface area contributed by atoms with E-state index in [1.165, 1.54) is 0 Å². The Hall–Kier alpha value is -2.01. The van der Waals surface area contributed by atoms with Crippen molar-refractivity contribution in [1.29, 1.82) is 0 Å². The zero-order chi connectivity index (χ0) is 19.1. The third-order valence-corrected chi connectivity index (χ3v) is 2.83. The average molecular weight is 372 g/mol. The smallest absolute Gasteiger partial charge is 0.458 e.